The first-order valence-corrected chi connectivity index (χ1v) is 8.47. The first-order valence-electron chi connectivity index (χ1n) is 6.56. The Labute approximate surface area is 129 Å². The third-order valence-electron chi connectivity index (χ3n) is 3.71. The molecule has 106 valence electrons. The molecule has 1 nitrogen and oxygen atoms in total. The van der Waals surface area contributed by atoms with Crippen molar-refractivity contribution in [2.24, 2.45) is 0 Å². The van der Waals surface area contributed by atoms with Crippen molar-refractivity contribution >= 4 is 31.9 Å². The van der Waals surface area contributed by atoms with Crippen molar-refractivity contribution in [1.29, 1.82) is 0 Å². The Kier molecular flexibility index (Phi) is 5.78. The lowest BCUT2D eigenvalue weighted by molar-refractivity contribution is 0.197. The number of hydrogen-bond acceptors (Lipinski definition) is 1. The van der Waals surface area contributed by atoms with E-state index in [0.717, 1.165) is 24.7 Å². The van der Waals surface area contributed by atoms with Crippen molar-refractivity contribution in [1.82, 2.24) is 4.90 Å². The van der Waals surface area contributed by atoms with Gasteiger partial charge in [0.2, 0.25) is 0 Å². The van der Waals surface area contributed by atoms with Crippen LogP contribution in [0.3, 0.4) is 0 Å². The first kappa shape index (κ1) is 15.4. The summed E-state index contributed by atoms with van der Waals surface area (Å²) in [5.41, 5.74) is 0.169. The minimum absolute atomic E-state index is 0.169. The zero-order valence-electron chi connectivity index (χ0n) is 10.6. The summed E-state index contributed by atoms with van der Waals surface area (Å²) in [5.74, 6) is -0.934. The lowest BCUT2D eigenvalue weighted by Gasteiger charge is -2.28. The molecule has 0 heterocycles. The van der Waals surface area contributed by atoms with Gasteiger partial charge in [0, 0.05) is 30.0 Å². The predicted molar refractivity (Wildman–Crippen MR) is 80.5 cm³/mol. The van der Waals surface area contributed by atoms with Gasteiger partial charge < -0.3 is 0 Å². The Morgan fingerprint density at radius 1 is 1.21 bits per heavy atom. The molecule has 0 unspecified atom stereocenters. The molecular formula is C14H17Br2F2N. The highest BCUT2D eigenvalue weighted by atomic mass is 79.9. The number of benzene rings is 1. The Balaban J connectivity index is 2.18. The highest BCUT2D eigenvalue weighted by Crippen LogP contribution is 2.28. The van der Waals surface area contributed by atoms with Gasteiger partial charge in [0.1, 0.15) is 11.6 Å². The van der Waals surface area contributed by atoms with Crippen LogP contribution in [0.5, 0.6) is 0 Å². The second-order valence-corrected chi connectivity index (χ2v) is 6.57. The summed E-state index contributed by atoms with van der Waals surface area (Å²) in [6.07, 6.45) is 4.69. The van der Waals surface area contributed by atoms with Crippen LogP contribution < -0.4 is 0 Å². The fourth-order valence-corrected chi connectivity index (χ4v) is 3.51. The van der Waals surface area contributed by atoms with Crippen molar-refractivity contribution in [2.45, 2.75) is 38.3 Å². The molecule has 1 fully saturated rings. The molecule has 0 spiro atoms. The molecule has 0 radical (unpaired) electrons. The largest absolute Gasteiger partial charge is 0.295 e. The Bertz CT molecular complexity index is 434. The monoisotopic (exact) mass is 395 g/mol. The summed E-state index contributed by atoms with van der Waals surface area (Å²) in [6, 6.07) is 3.19. The van der Waals surface area contributed by atoms with E-state index in [2.05, 4.69) is 36.8 Å². The molecule has 1 aliphatic carbocycles. The van der Waals surface area contributed by atoms with Crippen LogP contribution in [-0.4, -0.2) is 22.8 Å². The molecule has 0 saturated heterocycles. The maximum atomic E-state index is 14.0. The van der Waals surface area contributed by atoms with Crippen LogP contribution in [0.15, 0.2) is 16.6 Å². The molecule has 0 aromatic heterocycles. The fraction of sp³-hybridized carbons (Fsp3) is 0.571. The van der Waals surface area contributed by atoms with Crippen molar-refractivity contribution in [2.75, 3.05) is 11.9 Å². The van der Waals surface area contributed by atoms with Crippen LogP contribution in [-0.2, 0) is 6.54 Å². The maximum absolute atomic E-state index is 14.0. The second-order valence-electron chi connectivity index (χ2n) is 4.92. The summed E-state index contributed by atoms with van der Waals surface area (Å²) in [5, 5.41) is 0.820. The number of hydrogen-bond donors (Lipinski definition) is 0. The van der Waals surface area contributed by atoms with Crippen molar-refractivity contribution in [3.05, 3.63) is 33.8 Å². The third-order valence-corrected chi connectivity index (χ3v) is 4.68. The van der Waals surface area contributed by atoms with E-state index in [-0.39, 0.29) is 5.56 Å². The smallest absolute Gasteiger partial charge is 0.144 e. The molecule has 19 heavy (non-hydrogen) atoms. The summed E-state index contributed by atoms with van der Waals surface area (Å²) in [7, 11) is 0. The van der Waals surface area contributed by atoms with Crippen molar-refractivity contribution in [3.63, 3.8) is 0 Å². The van der Waals surface area contributed by atoms with E-state index < -0.39 is 11.6 Å². The van der Waals surface area contributed by atoms with Gasteiger partial charge in [-0.2, -0.15) is 0 Å². The Hall–Kier alpha value is -0.000000000000000111. The average Bonchev–Trinajstić information content (AvgIpc) is 2.92. The van der Waals surface area contributed by atoms with Gasteiger partial charge in [-0.05, 0) is 40.9 Å². The summed E-state index contributed by atoms with van der Waals surface area (Å²) in [6.45, 7) is 1.16. The van der Waals surface area contributed by atoms with Gasteiger partial charge in [-0.15, -0.1) is 0 Å². The molecule has 0 N–H and O–H groups in total. The molecule has 1 aliphatic rings. The minimum atomic E-state index is -0.474. The normalized spacial score (nSPS) is 16.5. The lowest BCUT2D eigenvalue weighted by Crippen LogP contribution is -2.35. The topological polar surface area (TPSA) is 3.24 Å². The summed E-state index contributed by atoms with van der Waals surface area (Å²) in [4.78, 5) is 2.19. The molecule has 5 heteroatoms. The van der Waals surface area contributed by atoms with Crippen LogP contribution in [0.2, 0.25) is 0 Å². The summed E-state index contributed by atoms with van der Waals surface area (Å²) < 4.78 is 28.2. The van der Waals surface area contributed by atoms with Gasteiger partial charge in [0.05, 0.1) is 4.47 Å². The zero-order valence-corrected chi connectivity index (χ0v) is 13.8. The van der Waals surface area contributed by atoms with Crippen LogP contribution in [0.25, 0.3) is 0 Å². The van der Waals surface area contributed by atoms with E-state index in [1.165, 1.54) is 25.0 Å². The van der Waals surface area contributed by atoms with Crippen LogP contribution in [0.4, 0.5) is 8.78 Å². The highest BCUT2D eigenvalue weighted by Gasteiger charge is 2.24. The molecule has 1 aromatic carbocycles. The quantitative estimate of drug-likeness (QED) is 0.507. The van der Waals surface area contributed by atoms with Crippen LogP contribution in [0.1, 0.15) is 31.2 Å². The van der Waals surface area contributed by atoms with E-state index in [0.29, 0.717) is 17.1 Å². The molecule has 1 aromatic rings. The molecule has 1 saturated carbocycles. The van der Waals surface area contributed by atoms with E-state index in [4.69, 9.17) is 0 Å². The molecule has 2 rings (SSSR count). The lowest BCUT2D eigenvalue weighted by atomic mass is 10.1. The van der Waals surface area contributed by atoms with E-state index in [9.17, 15) is 8.78 Å². The number of nitrogens with zero attached hydrogens (tertiary/aromatic N) is 1. The second kappa shape index (κ2) is 7.14. The minimum Gasteiger partial charge on any atom is -0.295 e. The van der Waals surface area contributed by atoms with E-state index >= 15 is 0 Å². The number of halogens is 4. The van der Waals surface area contributed by atoms with Gasteiger partial charge in [-0.3, -0.25) is 4.90 Å². The van der Waals surface area contributed by atoms with Crippen molar-refractivity contribution in [3.8, 4) is 0 Å². The zero-order chi connectivity index (χ0) is 13.8. The number of rotatable bonds is 5. The van der Waals surface area contributed by atoms with Gasteiger partial charge in [0.25, 0.3) is 0 Å². The van der Waals surface area contributed by atoms with E-state index in [1.807, 2.05) is 0 Å². The highest BCUT2D eigenvalue weighted by molar-refractivity contribution is 9.10. The van der Waals surface area contributed by atoms with E-state index in [1.54, 1.807) is 0 Å². The van der Waals surface area contributed by atoms with Gasteiger partial charge in [-0.25, -0.2) is 8.78 Å². The maximum Gasteiger partial charge on any atom is 0.144 e. The van der Waals surface area contributed by atoms with Crippen LogP contribution >= 0.6 is 31.9 Å². The Morgan fingerprint density at radius 2 is 1.89 bits per heavy atom. The number of alkyl halides is 1. The summed E-state index contributed by atoms with van der Waals surface area (Å²) >= 11 is 6.55. The standard InChI is InChI=1S/C14H17Br2F2N/c15-7-8-19(10-3-1-2-4-10)9-11-13(17)6-5-12(16)14(11)18/h5-6,10H,1-4,7-9H2. The Morgan fingerprint density at radius 3 is 2.53 bits per heavy atom. The predicted octanol–water partition coefficient (Wildman–Crippen LogP) is 4.87. The third kappa shape index (κ3) is 3.76. The molecule has 0 bridgehead atoms. The van der Waals surface area contributed by atoms with Gasteiger partial charge in [-0.1, -0.05) is 28.8 Å². The SMILES string of the molecule is Fc1ccc(Br)c(F)c1CN(CCBr)C1CCCC1. The average molecular weight is 397 g/mol. The van der Waals surface area contributed by atoms with Crippen molar-refractivity contribution < 1.29 is 8.78 Å². The van der Waals surface area contributed by atoms with Gasteiger partial charge >= 0.3 is 0 Å². The first-order chi connectivity index (χ1) is 9.13. The molecule has 0 aliphatic heterocycles. The van der Waals surface area contributed by atoms with Crippen LogP contribution in [0, 0.1) is 11.6 Å². The fourth-order valence-electron chi connectivity index (χ4n) is 2.69. The molecule has 0 atom stereocenters. The molecular weight excluding hydrogens is 380 g/mol. The molecule has 0 amide bonds. The van der Waals surface area contributed by atoms with Gasteiger partial charge in [0.15, 0.2) is 0 Å².